The molecule has 0 aromatic rings. The third kappa shape index (κ3) is 12.9. The van der Waals surface area contributed by atoms with Crippen LogP contribution < -0.4 is 0 Å². The van der Waals surface area contributed by atoms with Crippen molar-refractivity contribution in [3.63, 3.8) is 0 Å². The summed E-state index contributed by atoms with van der Waals surface area (Å²) in [6, 6.07) is 0. The van der Waals surface area contributed by atoms with E-state index in [0.29, 0.717) is 19.6 Å². The molecular weight excluding hydrogens is 200 g/mol. The van der Waals surface area contributed by atoms with Crippen LogP contribution in [0.3, 0.4) is 0 Å². The predicted octanol–water partition coefficient (Wildman–Crippen LogP) is 1.61. The fourth-order valence-corrected chi connectivity index (χ4v) is 0.624. The molecule has 0 aromatic carbocycles. The second-order valence-corrected chi connectivity index (χ2v) is 2.85. The molecule has 0 aliphatic carbocycles. The van der Waals surface area contributed by atoms with Crippen molar-refractivity contribution in [2.45, 2.75) is 33.6 Å². The van der Waals surface area contributed by atoms with Crippen LogP contribution in [0.15, 0.2) is 0 Å². The predicted molar refractivity (Wildman–Crippen MR) is 55.8 cm³/mol. The summed E-state index contributed by atoms with van der Waals surface area (Å²) in [5.74, 6) is -1.85. The summed E-state index contributed by atoms with van der Waals surface area (Å²) in [5.41, 5.74) is 0. The Morgan fingerprint density at radius 3 is 1.87 bits per heavy atom. The van der Waals surface area contributed by atoms with Crippen molar-refractivity contribution in [1.29, 1.82) is 0 Å². The van der Waals surface area contributed by atoms with Gasteiger partial charge in [0.15, 0.2) is 0 Å². The van der Waals surface area contributed by atoms with Crippen molar-refractivity contribution < 1.29 is 24.5 Å². The Bertz CT molecular complexity index is 179. The first-order chi connectivity index (χ1) is 6.99. The van der Waals surface area contributed by atoms with E-state index in [1.54, 1.807) is 6.92 Å². The summed E-state index contributed by atoms with van der Waals surface area (Å²) in [7, 11) is 0. The molecule has 0 rings (SSSR count). The number of hydrogen-bond acceptors (Lipinski definition) is 3. The maximum absolute atomic E-state index is 10.4. The highest BCUT2D eigenvalue weighted by Gasteiger charge is 2.13. The van der Waals surface area contributed by atoms with Crippen molar-refractivity contribution in [1.82, 2.24) is 0 Å². The van der Waals surface area contributed by atoms with E-state index in [2.05, 4.69) is 0 Å². The van der Waals surface area contributed by atoms with Gasteiger partial charge < -0.3 is 14.9 Å². The number of ether oxygens (including phenoxy) is 1. The lowest BCUT2D eigenvalue weighted by molar-refractivity contribution is -0.144. The summed E-state index contributed by atoms with van der Waals surface area (Å²) in [6.45, 7) is 6.22. The first kappa shape index (κ1) is 16.3. The molecule has 1 unspecified atom stereocenters. The Morgan fingerprint density at radius 2 is 1.67 bits per heavy atom. The summed E-state index contributed by atoms with van der Waals surface area (Å²) >= 11 is 0. The van der Waals surface area contributed by atoms with Gasteiger partial charge in [-0.05, 0) is 13.3 Å². The minimum atomic E-state index is -0.768. The molecule has 90 valence electrons. The molecule has 0 spiro atoms. The molecule has 0 radical (unpaired) electrons. The van der Waals surface area contributed by atoms with Gasteiger partial charge in [0.25, 0.3) is 0 Å². The van der Waals surface area contributed by atoms with Crippen molar-refractivity contribution in [3.05, 3.63) is 0 Å². The zero-order valence-corrected chi connectivity index (χ0v) is 9.52. The third-order valence-electron chi connectivity index (χ3n) is 1.67. The molecule has 0 amide bonds. The minimum Gasteiger partial charge on any atom is -0.481 e. The number of carboxylic acid groups (broad SMARTS) is 2. The Morgan fingerprint density at radius 1 is 1.20 bits per heavy atom. The number of aliphatic carboxylic acids is 2. The van der Waals surface area contributed by atoms with E-state index < -0.39 is 11.9 Å². The molecule has 15 heavy (non-hydrogen) atoms. The maximum atomic E-state index is 10.4. The first-order valence-electron chi connectivity index (χ1n) is 5.01. The second-order valence-electron chi connectivity index (χ2n) is 2.85. The van der Waals surface area contributed by atoms with Gasteiger partial charge in [0.2, 0.25) is 0 Å². The van der Waals surface area contributed by atoms with E-state index in [-0.39, 0.29) is 12.3 Å². The van der Waals surface area contributed by atoms with Gasteiger partial charge in [0.05, 0.1) is 12.5 Å². The molecule has 0 bridgehead atoms. The van der Waals surface area contributed by atoms with Crippen LogP contribution in [0, 0.1) is 5.92 Å². The molecule has 0 aromatic heterocycles. The Kier molecular flexibility index (Phi) is 12.0. The van der Waals surface area contributed by atoms with Gasteiger partial charge >= 0.3 is 11.9 Å². The number of carboxylic acids is 2. The quantitative estimate of drug-likeness (QED) is 0.710. The van der Waals surface area contributed by atoms with Gasteiger partial charge in [-0.15, -0.1) is 0 Å². The Hall–Kier alpha value is -1.10. The molecule has 5 nitrogen and oxygen atoms in total. The normalized spacial score (nSPS) is 11.1. The lowest BCUT2D eigenvalue weighted by atomic mass is 10.1. The van der Waals surface area contributed by atoms with Gasteiger partial charge in [-0.25, -0.2) is 0 Å². The average molecular weight is 220 g/mol. The molecule has 0 saturated carbocycles. The topological polar surface area (TPSA) is 83.8 Å². The SMILES string of the molecule is CCC(=O)O.CCOCC(CC)C(=O)O. The summed E-state index contributed by atoms with van der Waals surface area (Å²) in [6.07, 6.45) is 0.856. The molecule has 0 saturated heterocycles. The monoisotopic (exact) mass is 220 g/mol. The summed E-state index contributed by atoms with van der Waals surface area (Å²) in [5, 5.41) is 16.2. The minimum absolute atomic E-state index is 0.222. The van der Waals surface area contributed by atoms with Gasteiger partial charge in [-0.2, -0.15) is 0 Å². The molecule has 2 N–H and O–H groups in total. The Labute approximate surface area is 90.1 Å². The van der Waals surface area contributed by atoms with Crippen LogP contribution in [-0.2, 0) is 14.3 Å². The molecule has 0 aliphatic heterocycles. The molecule has 0 fully saturated rings. The zero-order valence-electron chi connectivity index (χ0n) is 9.52. The van der Waals surface area contributed by atoms with Gasteiger partial charge in [0.1, 0.15) is 0 Å². The van der Waals surface area contributed by atoms with Crippen molar-refractivity contribution in [2.24, 2.45) is 5.92 Å². The highest BCUT2D eigenvalue weighted by atomic mass is 16.5. The van der Waals surface area contributed by atoms with Crippen LogP contribution in [0.25, 0.3) is 0 Å². The van der Waals surface area contributed by atoms with Crippen molar-refractivity contribution >= 4 is 11.9 Å². The van der Waals surface area contributed by atoms with E-state index in [1.165, 1.54) is 0 Å². The molecule has 0 heterocycles. The van der Waals surface area contributed by atoms with Crippen molar-refractivity contribution in [3.8, 4) is 0 Å². The lowest BCUT2D eigenvalue weighted by Crippen LogP contribution is -2.18. The van der Waals surface area contributed by atoms with E-state index in [4.69, 9.17) is 14.9 Å². The van der Waals surface area contributed by atoms with E-state index in [1.807, 2.05) is 13.8 Å². The number of carbonyl (C=O) groups is 2. The third-order valence-corrected chi connectivity index (χ3v) is 1.67. The number of rotatable bonds is 6. The van der Waals surface area contributed by atoms with Gasteiger partial charge in [-0.1, -0.05) is 13.8 Å². The van der Waals surface area contributed by atoms with E-state index >= 15 is 0 Å². The highest BCUT2D eigenvalue weighted by molar-refractivity contribution is 5.69. The van der Waals surface area contributed by atoms with Crippen LogP contribution in [0.1, 0.15) is 33.6 Å². The lowest BCUT2D eigenvalue weighted by Gasteiger charge is -2.07. The van der Waals surface area contributed by atoms with Crippen LogP contribution in [-0.4, -0.2) is 35.4 Å². The first-order valence-corrected chi connectivity index (χ1v) is 5.01. The van der Waals surface area contributed by atoms with E-state index in [0.717, 1.165) is 0 Å². The maximum Gasteiger partial charge on any atom is 0.308 e. The fraction of sp³-hybridized carbons (Fsp3) is 0.800. The largest absolute Gasteiger partial charge is 0.481 e. The van der Waals surface area contributed by atoms with Crippen LogP contribution in [0.2, 0.25) is 0 Å². The van der Waals surface area contributed by atoms with Crippen LogP contribution >= 0.6 is 0 Å². The highest BCUT2D eigenvalue weighted by Crippen LogP contribution is 2.02. The standard InChI is InChI=1S/C7H14O3.C3H6O2/c1-3-6(7(8)9)5-10-4-2;1-2-3(4)5/h6H,3-5H2,1-2H3,(H,8,9);2H2,1H3,(H,4,5). The molecule has 1 atom stereocenters. The Balaban J connectivity index is 0. The van der Waals surface area contributed by atoms with Crippen LogP contribution in [0.5, 0.6) is 0 Å². The van der Waals surface area contributed by atoms with Gasteiger partial charge in [0, 0.05) is 13.0 Å². The van der Waals surface area contributed by atoms with Crippen LogP contribution in [0.4, 0.5) is 0 Å². The van der Waals surface area contributed by atoms with Gasteiger partial charge in [-0.3, -0.25) is 9.59 Å². The van der Waals surface area contributed by atoms with Crippen molar-refractivity contribution in [2.75, 3.05) is 13.2 Å². The fourth-order valence-electron chi connectivity index (χ4n) is 0.624. The average Bonchev–Trinajstić information content (AvgIpc) is 2.19. The second kappa shape index (κ2) is 11.0. The molecule has 5 heteroatoms. The molecule has 0 aliphatic rings. The summed E-state index contributed by atoms with van der Waals surface area (Å²) < 4.78 is 4.97. The summed E-state index contributed by atoms with van der Waals surface area (Å²) in [4.78, 5) is 19.7. The molecular formula is C10H20O5. The zero-order chi connectivity index (χ0) is 12.3. The van der Waals surface area contributed by atoms with E-state index in [9.17, 15) is 9.59 Å². The number of hydrogen-bond donors (Lipinski definition) is 2. The smallest absolute Gasteiger partial charge is 0.308 e.